The quantitative estimate of drug-likeness (QED) is 0.796. The van der Waals surface area contributed by atoms with Gasteiger partial charge in [0.15, 0.2) is 0 Å². The standard InChI is InChI=1S/C16H25NO2S/c1-6-12-20(18,19)17(5)16-11-9-10-15(13(16)4)14(7-2)8-3/h7,9-11H,6,8,12H2,1-5H3/b14-7-. The maximum atomic E-state index is 12.2. The van der Waals surface area contributed by atoms with E-state index in [2.05, 4.69) is 19.1 Å². The monoisotopic (exact) mass is 295 g/mol. The van der Waals surface area contributed by atoms with Gasteiger partial charge in [-0.3, -0.25) is 4.31 Å². The summed E-state index contributed by atoms with van der Waals surface area (Å²) in [5, 5.41) is 0. The van der Waals surface area contributed by atoms with Crippen molar-refractivity contribution in [3.63, 3.8) is 0 Å². The van der Waals surface area contributed by atoms with Crippen LogP contribution in [0.25, 0.3) is 5.57 Å². The van der Waals surface area contributed by atoms with Crippen LogP contribution < -0.4 is 4.31 Å². The molecule has 20 heavy (non-hydrogen) atoms. The zero-order valence-corrected chi connectivity index (χ0v) is 13.9. The Hall–Kier alpha value is -1.29. The predicted octanol–water partition coefficient (Wildman–Crippen LogP) is 3.98. The highest BCUT2D eigenvalue weighted by molar-refractivity contribution is 7.92. The molecule has 3 nitrogen and oxygen atoms in total. The second-order valence-corrected chi connectivity index (χ2v) is 7.02. The molecule has 0 radical (unpaired) electrons. The van der Waals surface area contributed by atoms with Gasteiger partial charge < -0.3 is 0 Å². The Morgan fingerprint density at radius 3 is 2.45 bits per heavy atom. The maximum Gasteiger partial charge on any atom is 0.234 e. The first-order valence-corrected chi connectivity index (χ1v) is 8.71. The summed E-state index contributed by atoms with van der Waals surface area (Å²) < 4.78 is 25.8. The van der Waals surface area contributed by atoms with E-state index in [1.54, 1.807) is 7.05 Å². The van der Waals surface area contributed by atoms with Gasteiger partial charge in [0, 0.05) is 7.05 Å². The topological polar surface area (TPSA) is 37.4 Å². The van der Waals surface area contributed by atoms with Gasteiger partial charge in [0.2, 0.25) is 10.0 Å². The molecular weight excluding hydrogens is 270 g/mol. The van der Waals surface area contributed by atoms with Crippen molar-refractivity contribution in [2.45, 2.75) is 40.5 Å². The molecule has 0 aliphatic rings. The zero-order valence-electron chi connectivity index (χ0n) is 13.1. The zero-order chi connectivity index (χ0) is 15.3. The molecule has 0 heterocycles. The van der Waals surface area contributed by atoms with Gasteiger partial charge in [-0.1, -0.05) is 32.1 Å². The molecule has 0 aliphatic heterocycles. The molecule has 0 unspecified atom stereocenters. The average molecular weight is 295 g/mol. The fourth-order valence-electron chi connectivity index (χ4n) is 2.41. The van der Waals surface area contributed by atoms with Gasteiger partial charge >= 0.3 is 0 Å². The fourth-order valence-corrected chi connectivity index (χ4v) is 3.69. The summed E-state index contributed by atoms with van der Waals surface area (Å²) in [4.78, 5) is 0. The third kappa shape index (κ3) is 3.42. The van der Waals surface area contributed by atoms with E-state index in [1.165, 1.54) is 9.88 Å². The lowest BCUT2D eigenvalue weighted by molar-refractivity contribution is 0.593. The summed E-state index contributed by atoms with van der Waals surface area (Å²) in [6.07, 6.45) is 3.65. The number of hydrogen-bond donors (Lipinski definition) is 0. The van der Waals surface area contributed by atoms with Crippen LogP contribution in [0.3, 0.4) is 0 Å². The van der Waals surface area contributed by atoms with E-state index in [4.69, 9.17) is 0 Å². The van der Waals surface area contributed by atoms with Crippen molar-refractivity contribution in [2.75, 3.05) is 17.1 Å². The van der Waals surface area contributed by atoms with Crippen molar-refractivity contribution >= 4 is 21.3 Å². The Bertz CT molecular complexity index is 588. The van der Waals surface area contributed by atoms with E-state index in [1.807, 2.05) is 32.9 Å². The lowest BCUT2D eigenvalue weighted by Crippen LogP contribution is -2.29. The lowest BCUT2D eigenvalue weighted by Gasteiger charge is -2.23. The Kier molecular flexibility index (Phi) is 5.81. The minimum atomic E-state index is -3.23. The summed E-state index contributed by atoms with van der Waals surface area (Å²) in [6.45, 7) is 7.99. The summed E-state index contributed by atoms with van der Waals surface area (Å²) in [6, 6.07) is 5.85. The summed E-state index contributed by atoms with van der Waals surface area (Å²) >= 11 is 0. The Morgan fingerprint density at radius 1 is 1.30 bits per heavy atom. The van der Waals surface area contributed by atoms with Gasteiger partial charge in [-0.15, -0.1) is 0 Å². The molecule has 0 spiro atoms. The van der Waals surface area contributed by atoms with Crippen LogP contribution in [0, 0.1) is 6.92 Å². The van der Waals surface area contributed by atoms with E-state index in [0.29, 0.717) is 6.42 Å². The molecule has 1 aromatic rings. The maximum absolute atomic E-state index is 12.2. The molecule has 1 rings (SSSR count). The SMILES string of the molecule is C/C=C(/CC)c1cccc(N(C)S(=O)(=O)CCC)c1C. The van der Waals surface area contributed by atoms with Crippen molar-refractivity contribution in [3.05, 3.63) is 35.4 Å². The predicted molar refractivity (Wildman–Crippen MR) is 87.6 cm³/mol. The van der Waals surface area contributed by atoms with Crippen molar-refractivity contribution in [2.24, 2.45) is 0 Å². The second kappa shape index (κ2) is 6.93. The van der Waals surface area contributed by atoms with E-state index in [9.17, 15) is 8.42 Å². The third-order valence-electron chi connectivity index (χ3n) is 3.60. The molecule has 0 bridgehead atoms. The Morgan fingerprint density at radius 2 is 1.95 bits per heavy atom. The number of sulfonamides is 1. The van der Waals surface area contributed by atoms with Crippen molar-refractivity contribution in [3.8, 4) is 0 Å². The lowest BCUT2D eigenvalue weighted by atomic mass is 9.97. The Balaban J connectivity index is 3.32. The van der Waals surface area contributed by atoms with Crippen LogP contribution in [-0.4, -0.2) is 21.2 Å². The second-order valence-electron chi connectivity index (χ2n) is 4.90. The van der Waals surface area contributed by atoms with Gasteiger partial charge in [-0.05, 0) is 49.5 Å². The average Bonchev–Trinajstić information content (AvgIpc) is 2.41. The normalized spacial score (nSPS) is 12.6. The third-order valence-corrected chi connectivity index (χ3v) is 5.55. The highest BCUT2D eigenvalue weighted by Crippen LogP contribution is 2.30. The first-order chi connectivity index (χ1) is 9.38. The number of hydrogen-bond acceptors (Lipinski definition) is 2. The molecule has 0 atom stereocenters. The van der Waals surface area contributed by atoms with Gasteiger partial charge in [0.1, 0.15) is 0 Å². The number of rotatable bonds is 6. The van der Waals surface area contributed by atoms with Gasteiger partial charge in [-0.25, -0.2) is 8.42 Å². The van der Waals surface area contributed by atoms with Crippen LogP contribution in [0.5, 0.6) is 0 Å². The van der Waals surface area contributed by atoms with Crippen LogP contribution in [0.15, 0.2) is 24.3 Å². The minimum Gasteiger partial charge on any atom is -0.273 e. The highest BCUT2D eigenvalue weighted by Gasteiger charge is 2.20. The van der Waals surface area contributed by atoms with Crippen LogP contribution >= 0.6 is 0 Å². The number of anilines is 1. The van der Waals surface area contributed by atoms with Crippen LogP contribution in [0.4, 0.5) is 5.69 Å². The molecule has 0 amide bonds. The van der Waals surface area contributed by atoms with Gasteiger partial charge in [0.25, 0.3) is 0 Å². The molecule has 4 heteroatoms. The molecule has 0 N–H and O–H groups in total. The molecule has 0 fully saturated rings. The highest BCUT2D eigenvalue weighted by atomic mass is 32.2. The number of nitrogens with zero attached hydrogens (tertiary/aromatic N) is 1. The van der Waals surface area contributed by atoms with E-state index in [0.717, 1.165) is 23.2 Å². The van der Waals surface area contributed by atoms with Crippen molar-refractivity contribution in [1.29, 1.82) is 0 Å². The summed E-state index contributed by atoms with van der Waals surface area (Å²) in [5.74, 6) is 0.178. The number of allylic oxidation sites excluding steroid dienone is 2. The molecule has 0 saturated heterocycles. The smallest absolute Gasteiger partial charge is 0.234 e. The molecular formula is C16H25NO2S. The van der Waals surface area contributed by atoms with Crippen LogP contribution in [-0.2, 0) is 10.0 Å². The first-order valence-electron chi connectivity index (χ1n) is 7.10. The molecule has 112 valence electrons. The largest absolute Gasteiger partial charge is 0.273 e. The molecule has 0 aliphatic carbocycles. The number of benzene rings is 1. The van der Waals surface area contributed by atoms with E-state index >= 15 is 0 Å². The summed E-state index contributed by atoms with van der Waals surface area (Å²) in [7, 11) is -1.59. The van der Waals surface area contributed by atoms with Crippen molar-refractivity contribution in [1.82, 2.24) is 0 Å². The van der Waals surface area contributed by atoms with E-state index in [-0.39, 0.29) is 5.75 Å². The molecule has 0 aromatic heterocycles. The van der Waals surface area contributed by atoms with Crippen molar-refractivity contribution < 1.29 is 8.42 Å². The Labute approximate surface area is 123 Å². The van der Waals surface area contributed by atoms with Gasteiger partial charge in [-0.2, -0.15) is 0 Å². The van der Waals surface area contributed by atoms with Crippen LogP contribution in [0.2, 0.25) is 0 Å². The fraction of sp³-hybridized carbons (Fsp3) is 0.500. The first kappa shape index (κ1) is 16.8. The summed E-state index contributed by atoms with van der Waals surface area (Å²) in [5.41, 5.74) is 4.16. The van der Waals surface area contributed by atoms with Crippen LogP contribution in [0.1, 0.15) is 44.7 Å². The van der Waals surface area contributed by atoms with Gasteiger partial charge in [0.05, 0.1) is 11.4 Å². The van der Waals surface area contributed by atoms with E-state index < -0.39 is 10.0 Å². The molecule has 0 saturated carbocycles. The minimum absolute atomic E-state index is 0.178. The molecule has 1 aromatic carbocycles.